The molecule has 0 aliphatic rings. The third-order valence-corrected chi connectivity index (χ3v) is 15.3. The third kappa shape index (κ3) is 14.4. The Bertz CT molecular complexity index is 1290. The van der Waals surface area contributed by atoms with Crippen molar-refractivity contribution >= 4 is 79.4 Å². The van der Waals surface area contributed by atoms with E-state index in [9.17, 15) is 0 Å². The van der Waals surface area contributed by atoms with Gasteiger partial charge in [0.1, 0.15) is 0 Å². The summed E-state index contributed by atoms with van der Waals surface area (Å²) in [6, 6.07) is 15.2. The molecular weight excluding hydrogens is 705 g/mol. The normalized spacial score (nSPS) is 12.0. The molecule has 0 saturated heterocycles. The predicted molar refractivity (Wildman–Crippen MR) is 247 cm³/mol. The molecule has 0 unspecified atom stereocenters. The summed E-state index contributed by atoms with van der Waals surface area (Å²) < 4.78 is 0. The molecule has 0 radical (unpaired) electrons. The molecule has 0 amide bonds. The average Bonchev–Trinajstić information content (AvgIpc) is 3.16. The highest BCUT2D eigenvalue weighted by Crippen LogP contribution is 2.48. The van der Waals surface area contributed by atoms with Crippen LogP contribution in [-0.4, -0.2) is 23.0 Å². The first-order valence-electron chi connectivity index (χ1n) is 22.0. The standard InChI is InChI=1S/C48H74S4/c1-5-9-13-17-21-25-33-49-43-37-44(50-34-26-22-18-14-10-6-2)40-31-32-42-46(52-36-28-24-20-16-12-8-4)38-45(51-35-27-23-19-15-11-7-3)41-30-29-39(43)47(40)48(41)42/h29-32,37-38H,5-28,33-36H2,1-4H3. The molecule has 4 heteroatoms. The van der Waals surface area contributed by atoms with Crippen molar-refractivity contribution in [2.75, 3.05) is 23.0 Å². The fourth-order valence-corrected chi connectivity index (χ4v) is 12.1. The number of thioether (sulfide) groups is 4. The van der Waals surface area contributed by atoms with E-state index in [1.807, 2.05) is 0 Å². The number of benzene rings is 4. The third-order valence-electron chi connectivity index (χ3n) is 10.8. The van der Waals surface area contributed by atoms with E-state index in [1.165, 1.54) is 218 Å². The minimum Gasteiger partial charge on any atom is -0.125 e. The van der Waals surface area contributed by atoms with Crippen molar-refractivity contribution in [2.45, 2.75) is 201 Å². The van der Waals surface area contributed by atoms with Gasteiger partial charge in [0.05, 0.1) is 0 Å². The lowest BCUT2D eigenvalue weighted by molar-refractivity contribution is 0.627. The Hall–Kier alpha value is -0.680. The predicted octanol–water partition coefficient (Wildman–Crippen LogP) is 18.4. The maximum atomic E-state index is 2.59. The van der Waals surface area contributed by atoms with E-state index in [4.69, 9.17) is 0 Å². The van der Waals surface area contributed by atoms with E-state index in [-0.39, 0.29) is 0 Å². The van der Waals surface area contributed by atoms with Crippen LogP contribution in [0.5, 0.6) is 0 Å². The van der Waals surface area contributed by atoms with Gasteiger partial charge in [0.15, 0.2) is 0 Å². The van der Waals surface area contributed by atoms with Crippen molar-refractivity contribution < 1.29 is 0 Å². The molecule has 0 nitrogen and oxygen atoms in total. The maximum Gasteiger partial charge on any atom is 0.0162 e. The molecule has 52 heavy (non-hydrogen) atoms. The van der Waals surface area contributed by atoms with Crippen LogP contribution in [0.3, 0.4) is 0 Å². The van der Waals surface area contributed by atoms with Crippen molar-refractivity contribution in [3.05, 3.63) is 36.4 Å². The van der Waals surface area contributed by atoms with Crippen LogP contribution in [0.4, 0.5) is 0 Å². The number of hydrogen-bond acceptors (Lipinski definition) is 4. The van der Waals surface area contributed by atoms with E-state index in [0.29, 0.717) is 0 Å². The molecule has 0 heterocycles. The van der Waals surface area contributed by atoms with Gasteiger partial charge in [0.25, 0.3) is 0 Å². The Labute approximate surface area is 338 Å². The van der Waals surface area contributed by atoms with Gasteiger partial charge in [-0.15, -0.1) is 47.0 Å². The van der Waals surface area contributed by atoms with Crippen molar-refractivity contribution in [2.24, 2.45) is 0 Å². The van der Waals surface area contributed by atoms with E-state index < -0.39 is 0 Å². The van der Waals surface area contributed by atoms with Crippen LogP contribution in [0, 0.1) is 0 Å². The lowest BCUT2D eigenvalue weighted by Gasteiger charge is -2.20. The van der Waals surface area contributed by atoms with Gasteiger partial charge in [0, 0.05) is 19.6 Å². The molecule has 4 aromatic rings. The fraction of sp³-hybridized carbons (Fsp3) is 0.667. The van der Waals surface area contributed by atoms with Crippen LogP contribution >= 0.6 is 47.0 Å². The molecule has 0 atom stereocenters. The van der Waals surface area contributed by atoms with Gasteiger partial charge in [-0.3, -0.25) is 0 Å². The molecule has 0 N–H and O–H groups in total. The smallest absolute Gasteiger partial charge is 0.0162 e. The molecule has 0 aliphatic carbocycles. The van der Waals surface area contributed by atoms with E-state index >= 15 is 0 Å². The molecule has 0 spiro atoms. The molecule has 4 aromatic carbocycles. The van der Waals surface area contributed by atoms with Crippen LogP contribution in [0.2, 0.25) is 0 Å². The van der Waals surface area contributed by atoms with Crippen molar-refractivity contribution in [1.29, 1.82) is 0 Å². The summed E-state index contributed by atoms with van der Waals surface area (Å²) in [7, 11) is 0. The largest absolute Gasteiger partial charge is 0.125 e. The molecule has 0 bridgehead atoms. The van der Waals surface area contributed by atoms with E-state index in [2.05, 4.69) is 111 Å². The Morgan fingerprint density at radius 1 is 0.288 bits per heavy atom. The second kappa shape index (κ2) is 27.0. The lowest BCUT2D eigenvalue weighted by Crippen LogP contribution is -1.94. The summed E-state index contributed by atoms with van der Waals surface area (Å²) in [6.07, 6.45) is 32.8. The zero-order valence-electron chi connectivity index (χ0n) is 33.9. The minimum atomic E-state index is 1.23. The fourth-order valence-electron chi connectivity index (χ4n) is 7.60. The van der Waals surface area contributed by atoms with Crippen molar-refractivity contribution in [3.8, 4) is 0 Å². The van der Waals surface area contributed by atoms with Gasteiger partial charge < -0.3 is 0 Å². The summed E-state index contributed by atoms with van der Waals surface area (Å²) in [5.74, 6) is 4.93. The zero-order chi connectivity index (χ0) is 36.6. The second-order valence-electron chi connectivity index (χ2n) is 15.3. The summed E-state index contributed by atoms with van der Waals surface area (Å²) in [5.41, 5.74) is 0. The molecule has 4 rings (SSSR count). The Balaban J connectivity index is 1.65. The first-order chi connectivity index (χ1) is 25.7. The van der Waals surface area contributed by atoms with Crippen LogP contribution in [0.15, 0.2) is 56.0 Å². The lowest BCUT2D eigenvalue weighted by atomic mass is 9.94. The van der Waals surface area contributed by atoms with Crippen LogP contribution in [0.1, 0.15) is 182 Å². The molecule has 290 valence electrons. The summed E-state index contributed by atoms with van der Waals surface area (Å²) in [5, 5.41) is 9.10. The zero-order valence-corrected chi connectivity index (χ0v) is 37.2. The summed E-state index contributed by atoms with van der Waals surface area (Å²) in [6.45, 7) is 9.28. The monoisotopic (exact) mass is 778 g/mol. The molecular formula is C48H74S4. The average molecular weight is 779 g/mol. The Morgan fingerprint density at radius 3 is 0.731 bits per heavy atom. The molecule has 0 aliphatic heterocycles. The number of unbranched alkanes of at least 4 members (excludes halogenated alkanes) is 20. The van der Waals surface area contributed by atoms with Crippen LogP contribution in [-0.2, 0) is 0 Å². The molecule has 0 aromatic heterocycles. The maximum absolute atomic E-state index is 2.59. The Morgan fingerprint density at radius 2 is 0.500 bits per heavy atom. The number of rotatable bonds is 32. The van der Waals surface area contributed by atoms with Gasteiger partial charge in [0.2, 0.25) is 0 Å². The van der Waals surface area contributed by atoms with Gasteiger partial charge in [-0.25, -0.2) is 0 Å². The Kier molecular flexibility index (Phi) is 22.9. The first-order valence-corrected chi connectivity index (χ1v) is 26.0. The van der Waals surface area contributed by atoms with Gasteiger partial charge in [-0.2, -0.15) is 0 Å². The van der Waals surface area contributed by atoms with Crippen LogP contribution < -0.4 is 0 Å². The van der Waals surface area contributed by atoms with Gasteiger partial charge >= 0.3 is 0 Å². The topological polar surface area (TPSA) is 0 Å². The number of hydrogen-bond donors (Lipinski definition) is 0. The van der Waals surface area contributed by atoms with Gasteiger partial charge in [-0.1, -0.05) is 180 Å². The van der Waals surface area contributed by atoms with Crippen molar-refractivity contribution in [3.63, 3.8) is 0 Å². The van der Waals surface area contributed by atoms with E-state index in [1.54, 1.807) is 10.8 Å². The second-order valence-corrected chi connectivity index (χ2v) is 19.8. The van der Waals surface area contributed by atoms with Gasteiger partial charge in [-0.05, 0) is 93.1 Å². The summed E-state index contributed by atoms with van der Waals surface area (Å²) in [4.78, 5) is 6.08. The van der Waals surface area contributed by atoms with Crippen LogP contribution in [0.25, 0.3) is 32.3 Å². The highest BCUT2D eigenvalue weighted by atomic mass is 32.2. The van der Waals surface area contributed by atoms with E-state index in [0.717, 1.165) is 0 Å². The summed E-state index contributed by atoms with van der Waals surface area (Å²) >= 11 is 8.55. The minimum absolute atomic E-state index is 1.23. The quantitative estimate of drug-likeness (QED) is 0.0275. The molecule has 0 fully saturated rings. The first kappa shape index (κ1) is 44.0. The SMILES string of the molecule is CCCCCCCCSc1cc(SCCCCCCCC)c2ccc3c(SCCCCCCCC)cc(SCCCCCCCC)c4ccc1c2c43. The highest BCUT2D eigenvalue weighted by molar-refractivity contribution is 8.00. The van der Waals surface area contributed by atoms with Crippen molar-refractivity contribution in [1.82, 2.24) is 0 Å². The highest BCUT2D eigenvalue weighted by Gasteiger charge is 2.19. The molecule has 0 saturated carbocycles.